The predicted octanol–water partition coefficient (Wildman–Crippen LogP) is 3.84. The molecule has 8 nitrogen and oxygen atoms in total. The number of ether oxygens (including phenoxy) is 1. The van der Waals surface area contributed by atoms with E-state index in [9.17, 15) is 13.2 Å². The Morgan fingerprint density at radius 2 is 2.00 bits per heavy atom. The Balaban J connectivity index is 1.76. The highest BCUT2D eigenvalue weighted by Gasteiger charge is 2.24. The third-order valence-corrected chi connectivity index (χ3v) is 7.26. The topological polar surface area (TPSA) is 103 Å². The van der Waals surface area contributed by atoms with Crippen LogP contribution in [0.2, 0.25) is 5.02 Å². The largest absolute Gasteiger partial charge is 0.452 e. The highest BCUT2D eigenvalue weighted by Crippen LogP contribution is 2.25. The van der Waals surface area contributed by atoms with Crippen molar-refractivity contribution in [3.8, 4) is 10.8 Å². The second-order valence-corrected chi connectivity index (χ2v) is 9.08. The molecule has 0 saturated heterocycles. The van der Waals surface area contributed by atoms with Crippen molar-refractivity contribution in [2.24, 2.45) is 0 Å². The van der Waals surface area contributed by atoms with Gasteiger partial charge in [-0.2, -0.15) is 4.31 Å². The van der Waals surface area contributed by atoms with E-state index in [1.54, 1.807) is 13.8 Å². The number of thiophene rings is 1. The molecule has 29 heavy (non-hydrogen) atoms. The van der Waals surface area contributed by atoms with Crippen LogP contribution in [0.25, 0.3) is 10.8 Å². The highest BCUT2D eigenvalue weighted by atomic mass is 35.5. The third kappa shape index (κ3) is 4.67. The van der Waals surface area contributed by atoms with Crippen LogP contribution in [0.1, 0.15) is 30.1 Å². The summed E-state index contributed by atoms with van der Waals surface area (Å²) in [6, 6.07) is 7.61. The van der Waals surface area contributed by atoms with Crippen molar-refractivity contribution in [2.45, 2.75) is 25.3 Å². The zero-order valence-electron chi connectivity index (χ0n) is 15.7. The summed E-state index contributed by atoms with van der Waals surface area (Å²) in [4.78, 5) is 13.2. The number of aromatic nitrogens is 2. The monoisotopic (exact) mass is 455 g/mol. The van der Waals surface area contributed by atoms with Crippen LogP contribution in [0.4, 0.5) is 0 Å². The Bertz CT molecular complexity index is 1090. The van der Waals surface area contributed by atoms with E-state index in [4.69, 9.17) is 20.8 Å². The van der Waals surface area contributed by atoms with Gasteiger partial charge in [-0.3, -0.25) is 0 Å². The van der Waals surface area contributed by atoms with Crippen molar-refractivity contribution in [1.29, 1.82) is 0 Å². The molecule has 0 radical (unpaired) electrons. The molecule has 3 aromatic rings. The molecule has 0 bridgehead atoms. The summed E-state index contributed by atoms with van der Waals surface area (Å²) in [5, 5.41) is 9.70. The Hall–Kier alpha value is -2.27. The van der Waals surface area contributed by atoms with Crippen LogP contribution in [-0.2, 0) is 21.4 Å². The first kappa shape index (κ1) is 21.4. The van der Waals surface area contributed by atoms with Crippen molar-refractivity contribution in [3.05, 3.63) is 52.2 Å². The summed E-state index contributed by atoms with van der Waals surface area (Å²) in [7, 11) is -3.74. The fourth-order valence-corrected chi connectivity index (χ4v) is 4.87. The summed E-state index contributed by atoms with van der Waals surface area (Å²) in [6.07, 6.45) is 0. The van der Waals surface area contributed by atoms with Crippen molar-refractivity contribution in [1.82, 2.24) is 14.5 Å². The number of esters is 1. The Labute approximate surface area is 177 Å². The summed E-state index contributed by atoms with van der Waals surface area (Å²) in [5.74, 6) is -0.344. The fourth-order valence-electron chi connectivity index (χ4n) is 2.55. The summed E-state index contributed by atoms with van der Waals surface area (Å²) in [6.45, 7) is 3.83. The van der Waals surface area contributed by atoms with E-state index in [2.05, 4.69) is 10.2 Å². The van der Waals surface area contributed by atoms with Crippen LogP contribution in [0, 0.1) is 0 Å². The molecule has 0 aliphatic carbocycles. The van der Waals surface area contributed by atoms with Crippen molar-refractivity contribution in [2.75, 3.05) is 13.1 Å². The molecule has 0 N–H and O–H groups in total. The maximum Gasteiger partial charge on any atom is 0.340 e. The quantitative estimate of drug-likeness (QED) is 0.475. The number of sulfonamides is 1. The molecule has 1 aromatic carbocycles. The van der Waals surface area contributed by atoms with Crippen LogP contribution >= 0.6 is 22.9 Å². The number of carbonyl (C=O) groups excluding carboxylic acids is 1. The normalized spacial score (nSPS) is 11.7. The van der Waals surface area contributed by atoms with Crippen LogP contribution < -0.4 is 0 Å². The standard InChI is InChI=1S/C18H18ClN3O5S2/c1-3-22(4-2)29(24,25)12-7-8-14(19)13(10-12)18(23)26-11-16-20-21-17(27-16)15-6-5-9-28-15/h5-10H,3-4,11H2,1-2H3. The lowest BCUT2D eigenvalue weighted by molar-refractivity contribution is 0.0438. The minimum atomic E-state index is -3.74. The van der Waals surface area contributed by atoms with Gasteiger partial charge in [0.1, 0.15) is 0 Å². The molecule has 0 fully saturated rings. The molecule has 154 valence electrons. The highest BCUT2D eigenvalue weighted by molar-refractivity contribution is 7.89. The summed E-state index contributed by atoms with van der Waals surface area (Å²) < 4.78 is 37.3. The first-order valence-corrected chi connectivity index (χ1v) is 11.4. The minimum absolute atomic E-state index is 0.0321. The Morgan fingerprint density at radius 3 is 2.66 bits per heavy atom. The number of carbonyl (C=O) groups is 1. The minimum Gasteiger partial charge on any atom is -0.452 e. The second kappa shape index (κ2) is 9.04. The third-order valence-electron chi connectivity index (χ3n) is 4.03. The van der Waals surface area contributed by atoms with E-state index >= 15 is 0 Å². The molecule has 0 unspecified atom stereocenters. The maximum absolute atomic E-state index is 12.7. The fraction of sp³-hybridized carbons (Fsp3) is 0.278. The van der Waals surface area contributed by atoms with Crippen LogP contribution in [0.15, 0.2) is 45.0 Å². The van der Waals surface area contributed by atoms with Gasteiger partial charge in [0.15, 0.2) is 6.61 Å². The average molecular weight is 456 g/mol. The van der Waals surface area contributed by atoms with Gasteiger partial charge in [-0.15, -0.1) is 21.5 Å². The van der Waals surface area contributed by atoms with Gasteiger partial charge in [0.25, 0.3) is 11.8 Å². The van der Waals surface area contributed by atoms with Gasteiger partial charge >= 0.3 is 5.97 Å². The van der Waals surface area contributed by atoms with Crippen molar-refractivity contribution >= 4 is 38.9 Å². The zero-order valence-corrected chi connectivity index (χ0v) is 18.1. The van der Waals surface area contributed by atoms with Crippen molar-refractivity contribution < 1.29 is 22.4 Å². The van der Waals surface area contributed by atoms with Gasteiger partial charge in [0.2, 0.25) is 10.0 Å². The summed E-state index contributed by atoms with van der Waals surface area (Å²) >= 11 is 7.52. The van der Waals surface area contributed by atoms with Gasteiger partial charge in [-0.25, -0.2) is 13.2 Å². The lowest BCUT2D eigenvalue weighted by Crippen LogP contribution is -2.30. The Morgan fingerprint density at radius 1 is 1.24 bits per heavy atom. The van der Waals surface area contributed by atoms with E-state index in [1.807, 2.05) is 17.5 Å². The molecule has 2 aromatic heterocycles. The maximum atomic E-state index is 12.7. The number of hydrogen-bond donors (Lipinski definition) is 0. The van der Waals surface area contributed by atoms with Gasteiger partial charge in [0, 0.05) is 13.1 Å². The first-order chi connectivity index (χ1) is 13.9. The Kier molecular flexibility index (Phi) is 6.68. The first-order valence-electron chi connectivity index (χ1n) is 8.69. The molecule has 0 atom stereocenters. The van der Waals surface area contributed by atoms with E-state index in [1.165, 1.54) is 33.8 Å². The van der Waals surface area contributed by atoms with E-state index in [-0.39, 0.29) is 28.0 Å². The van der Waals surface area contributed by atoms with E-state index in [0.29, 0.717) is 19.0 Å². The van der Waals surface area contributed by atoms with Crippen LogP contribution in [0.5, 0.6) is 0 Å². The lowest BCUT2D eigenvalue weighted by Gasteiger charge is -2.18. The van der Waals surface area contributed by atoms with E-state index < -0.39 is 16.0 Å². The molecule has 3 rings (SSSR count). The van der Waals surface area contributed by atoms with Crippen LogP contribution in [-0.4, -0.2) is 42.0 Å². The molecular weight excluding hydrogens is 438 g/mol. The molecule has 2 heterocycles. The molecular formula is C18H18ClN3O5S2. The van der Waals surface area contributed by atoms with Gasteiger partial charge < -0.3 is 9.15 Å². The van der Waals surface area contributed by atoms with Gasteiger partial charge in [0.05, 0.1) is 20.4 Å². The number of rotatable bonds is 8. The molecule has 11 heteroatoms. The van der Waals surface area contributed by atoms with Gasteiger partial charge in [-0.05, 0) is 29.6 Å². The molecule has 0 aliphatic rings. The molecule has 0 amide bonds. The SMILES string of the molecule is CCN(CC)S(=O)(=O)c1ccc(Cl)c(C(=O)OCc2nnc(-c3cccs3)o2)c1. The zero-order chi connectivity index (χ0) is 21.0. The summed E-state index contributed by atoms with van der Waals surface area (Å²) in [5.41, 5.74) is -0.0575. The van der Waals surface area contributed by atoms with Crippen molar-refractivity contribution in [3.63, 3.8) is 0 Å². The predicted molar refractivity (Wildman–Crippen MR) is 108 cm³/mol. The van der Waals surface area contributed by atoms with E-state index in [0.717, 1.165) is 4.88 Å². The molecule has 0 spiro atoms. The van der Waals surface area contributed by atoms with Gasteiger partial charge in [-0.1, -0.05) is 31.5 Å². The number of nitrogens with zero attached hydrogens (tertiary/aromatic N) is 3. The van der Waals surface area contributed by atoms with Crippen LogP contribution in [0.3, 0.4) is 0 Å². The number of hydrogen-bond acceptors (Lipinski definition) is 8. The molecule has 0 aliphatic heterocycles. The second-order valence-electron chi connectivity index (χ2n) is 5.79. The smallest absolute Gasteiger partial charge is 0.340 e. The lowest BCUT2D eigenvalue weighted by atomic mass is 10.2. The number of benzene rings is 1. The molecule has 0 saturated carbocycles. The number of halogens is 1. The average Bonchev–Trinajstić information content (AvgIpc) is 3.38.